The Bertz CT molecular complexity index is 1020. The van der Waals surface area contributed by atoms with Gasteiger partial charge in [0.15, 0.2) is 0 Å². The largest absolute Gasteiger partial charge is 0.351 e. The predicted octanol–water partition coefficient (Wildman–Crippen LogP) is 4.68. The average Bonchev–Trinajstić information content (AvgIpc) is 3.23. The fourth-order valence-electron chi connectivity index (χ4n) is 3.38. The van der Waals surface area contributed by atoms with E-state index in [1.54, 1.807) is 18.5 Å². The first kappa shape index (κ1) is 18.7. The minimum absolute atomic E-state index is 0.322. The van der Waals surface area contributed by atoms with Crippen LogP contribution in [0.1, 0.15) is 25.7 Å². The molecule has 0 aliphatic heterocycles. The van der Waals surface area contributed by atoms with Crippen LogP contribution in [0.5, 0.6) is 0 Å². The third-order valence-electron chi connectivity index (χ3n) is 4.81. The van der Waals surface area contributed by atoms with Gasteiger partial charge in [0.05, 0.1) is 10.6 Å². The number of hydrogen-bond donors (Lipinski definition) is 2. The van der Waals surface area contributed by atoms with Gasteiger partial charge in [-0.2, -0.15) is 9.37 Å². The van der Waals surface area contributed by atoms with Crippen molar-refractivity contribution in [3.8, 4) is 11.3 Å². The minimum atomic E-state index is -0.885. The smallest absolute Gasteiger partial charge is 0.306 e. The molecule has 1 saturated carbocycles. The van der Waals surface area contributed by atoms with E-state index in [0.717, 1.165) is 30.5 Å². The van der Waals surface area contributed by atoms with E-state index >= 15 is 0 Å². The maximum atomic E-state index is 13.6. The Labute approximate surface area is 166 Å². The first-order valence-corrected chi connectivity index (χ1v) is 9.35. The summed E-state index contributed by atoms with van der Waals surface area (Å²) in [5.74, 6) is 0.0443. The standard InChI is InChI=1S/C20H19FN6O2/c21-16-6-5-15(11-18(16)27(28)29)23-19-12-17(13-7-9-22-10-8-13)25-20(26-19)24-14-3-1-2-4-14/h5-12,14H,1-4H2,(H2,23,24,25,26). The molecule has 4 rings (SSSR count). The summed E-state index contributed by atoms with van der Waals surface area (Å²) in [6.45, 7) is 0. The van der Waals surface area contributed by atoms with E-state index in [9.17, 15) is 14.5 Å². The summed E-state index contributed by atoms with van der Waals surface area (Å²) in [5.41, 5.74) is 1.32. The number of halogens is 1. The number of anilines is 3. The molecule has 0 radical (unpaired) electrons. The third-order valence-corrected chi connectivity index (χ3v) is 4.81. The Morgan fingerprint density at radius 1 is 1.07 bits per heavy atom. The minimum Gasteiger partial charge on any atom is -0.351 e. The van der Waals surface area contributed by atoms with Crippen LogP contribution in [0.15, 0.2) is 48.8 Å². The molecule has 1 aromatic carbocycles. The van der Waals surface area contributed by atoms with E-state index < -0.39 is 16.4 Å². The zero-order chi connectivity index (χ0) is 20.2. The lowest BCUT2D eigenvalue weighted by Crippen LogP contribution is -2.17. The lowest BCUT2D eigenvalue weighted by Gasteiger charge is -2.15. The van der Waals surface area contributed by atoms with Crippen molar-refractivity contribution >= 4 is 23.1 Å². The van der Waals surface area contributed by atoms with Crippen LogP contribution in [0, 0.1) is 15.9 Å². The van der Waals surface area contributed by atoms with Gasteiger partial charge in [-0.05, 0) is 37.1 Å². The summed E-state index contributed by atoms with van der Waals surface area (Å²) < 4.78 is 13.6. The summed E-state index contributed by atoms with van der Waals surface area (Å²) >= 11 is 0. The molecule has 148 valence electrons. The van der Waals surface area contributed by atoms with Gasteiger partial charge in [0, 0.05) is 41.8 Å². The number of benzene rings is 1. The molecule has 29 heavy (non-hydrogen) atoms. The fourth-order valence-corrected chi connectivity index (χ4v) is 3.38. The van der Waals surface area contributed by atoms with Crippen molar-refractivity contribution < 1.29 is 9.31 Å². The predicted molar refractivity (Wildman–Crippen MR) is 107 cm³/mol. The molecule has 1 aliphatic rings. The summed E-state index contributed by atoms with van der Waals surface area (Å²) in [6, 6.07) is 9.38. The van der Waals surface area contributed by atoms with Crippen molar-refractivity contribution in [3.05, 3.63) is 64.7 Å². The van der Waals surface area contributed by atoms with Crippen LogP contribution in [-0.4, -0.2) is 25.9 Å². The van der Waals surface area contributed by atoms with Crippen LogP contribution < -0.4 is 10.6 Å². The van der Waals surface area contributed by atoms with Gasteiger partial charge in [0.2, 0.25) is 11.8 Å². The Balaban J connectivity index is 1.68. The molecule has 0 bridgehead atoms. The molecule has 9 heteroatoms. The van der Waals surface area contributed by atoms with Gasteiger partial charge in [-0.3, -0.25) is 15.1 Å². The number of aromatic nitrogens is 3. The summed E-state index contributed by atoms with van der Waals surface area (Å²) in [4.78, 5) is 23.4. The molecule has 1 aliphatic carbocycles. The third kappa shape index (κ3) is 4.45. The van der Waals surface area contributed by atoms with Crippen LogP contribution in [0.4, 0.5) is 27.5 Å². The van der Waals surface area contributed by atoms with Crippen LogP contribution in [-0.2, 0) is 0 Å². The van der Waals surface area contributed by atoms with Gasteiger partial charge < -0.3 is 10.6 Å². The normalized spacial score (nSPS) is 14.0. The van der Waals surface area contributed by atoms with Crippen LogP contribution in [0.25, 0.3) is 11.3 Å². The quantitative estimate of drug-likeness (QED) is 0.462. The van der Waals surface area contributed by atoms with Crippen molar-refractivity contribution in [1.82, 2.24) is 15.0 Å². The first-order chi connectivity index (χ1) is 14.1. The van der Waals surface area contributed by atoms with E-state index in [4.69, 9.17) is 0 Å². The van der Waals surface area contributed by atoms with Crippen molar-refractivity contribution in [3.63, 3.8) is 0 Å². The molecule has 0 amide bonds. The maximum Gasteiger partial charge on any atom is 0.306 e. The molecule has 8 nitrogen and oxygen atoms in total. The fraction of sp³-hybridized carbons (Fsp3) is 0.250. The number of nitrogens with zero attached hydrogens (tertiary/aromatic N) is 4. The highest BCUT2D eigenvalue weighted by Crippen LogP contribution is 2.28. The second kappa shape index (κ2) is 8.17. The first-order valence-electron chi connectivity index (χ1n) is 9.35. The number of nitro groups is 1. The Hall–Kier alpha value is -3.62. The van der Waals surface area contributed by atoms with Gasteiger partial charge in [-0.15, -0.1) is 0 Å². The monoisotopic (exact) mass is 394 g/mol. The number of nitrogens with one attached hydrogen (secondary N) is 2. The van der Waals surface area contributed by atoms with E-state index in [1.807, 2.05) is 12.1 Å². The van der Waals surface area contributed by atoms with Crippen LogP contribution >= 0.6 is 0 Å². The van der Waals surface area contributed by atoms with Crippen LogP contribution in [0.3, 0.4) is 0 Å². The van der Waals surface area contributed by atoms with Gasteiger partial charge in [0.25, 0.3) is 0 Å². The summed E-state index contributed by atoms with van der Waals surface area (Å²) in [7, 11) is 0. The highest BCUT2D eigenvalue weighted by Gasteiger charge is 2.18. The van der Waals surface area contributed by atoms with Crippen molar-refractivity contribution in [2.45, 2.75) is 31.7 Å². The molecule has 3 aromatic rings. The zero-order valence-corrected chi connectivity index (χ0v) is 15.5. The molecular formula is C20H19FN6O2. The number of pyridine rings is 1. The molecule has 2 heterocycles. The highest BCUT2D eigenvalue weighted by atomic mass is 19.1. The number of rotatable bonds is 6. The molecule has 2 aromatic heterocycles. The van der Waals surface area contributed by atoms with Crippen molar-refractivity contribution in [2.75, 3.05) is 10.6 Å². The second-order valence-corrected chi connectivity index (χ2v) is 6.87. The lowest BCUT2D eigenvalue weighted by molar-refractivity contribution is -0.387. The molecule has 0 spiro atoms. The summed E-state index contributed by atoms with van der Waals surface area (Å²) in [5, 5.41) is 17.4. The Kier molecular flexibility index (Phi) is 5.28. The molecule has 1 fully saturated rings. The molecular weight excluding hydrogens is 375 g/mol. The zero-order valence-electron chi connectivity index (χ0n) is 15.5. The molecule has 0 atom stereocenters. The Morgan fingerprint density at radius 3 is 2.55 bits per heavy atom. The SMILES string of the molecule is O=[N+]([O-])c1cc(Nc2cc(-c3ccncc3)nc(NC3CCCC3)n2)ccc1F. The number of hydrogen-bond acceptors (Lipinski definition) is 7. The van der Waals surface area contributed by atoms with Gasteiger partial charge in [0.1, 0.15) is 5.82 Å². The molecule has 0 unspecified atom stereocenters. The van der Waals surface area contributed by atoms with E-state index in [0.29, 0.717) is 29.2 Å². The van der Waals surface area contributed by atoms with Gasteiger partial charge >= 0.3 is 5.69 Å². The van der Waals surface area contributed by atoms with Crippen LogP contribution in [0.2, 0.25) is 0 Å². The molecule has 2 N–H and O–H groups in total. The average molecular weight is 394 g/mol. The van der Waals surface area contributed by atoms with E-state index in [2.05, 4.69) is 25.6 Å². The van der Waals surface area contributed by atoms with Gasteiger partial charge in [-0.25, -0.2) is 4.98 Å². The van der Waals surface area contributed by atoms with E-state index in [-0.39, 0.29) is 0 Å². The lowest BCUT2D eigenvalue weighted by atomic mass is 10.2. The second-order valence-electron chi connectivity index (χ2n) is 6.87. The topological polar surface area (TPSA) is 106 Å². The van der Waals surface area contributed by atoms with Gasteiger partial charge in [-0.1, -0.05) is 12.8 Å². The number of nitro benzene ring substituents is 1. The highest BCUT2D eigenvalue weighted by molar-refractivity contribution is 5.68. The summed E-state index contributed by atoms with van der Waals surface area (Å²) in [6.07, 6.45) is 7.83. The van der Waals surface area contributed by atoms with E-state index in [1.165, 1.54) is 18.9 Å². The Morgan fingerprint density at radius 2 is 1.83 bits per heavy atom. The van der Waals surface area contributed by atoms with Crippen molar-refractivity contribution in [2.24, 2.45) is 0 Å². The maximum absolute atomic E-state index is 13.6. The molecule has 0 saturated heterocycles. The van der Waals surface area contributed by atoms with Crippen molar-refractivity contribution in [1.29, 1.82) is 0 Å².